The topological polar surface area (TPSA) is 237 Å². The van der Waals surface area contributed by atoms with E-state index in [0.717, 1.165) is 70.3 Å². The lowest BCUT2D eigenvalue weighted by Crippen LogP contribution is -2.82. The van der Waals surface area contributed by atoms with Gasteiger partial charge in [0.15, 0.2) is 11.4 Å². The highest BCUT2D eigenvalue weighted by Gasteiger charge is 2.81. The van der Waals surface area contributed by atoms with Gasteiger partial charge < -0.3 is 54.7 Å². The van der Waals surface area contributed by atoms with E-state index in [9.17, 15) is 45.3 Å². The molecule has 2 aromatic carbocycles. The van der Waals surface area contributed by atoms with Crippen LogP contribution in [0.5, 0.6) is 17.2 Å². The number of rotatable bonds is 7. The number of carbonyl (C=O) groups excluding carboxylic acids is 1. The molecule has 15 heteroatoms. The number of carboxylic acids is 1. The number of hydrogen-bond acceptors (Lipinski definition) is 14. The molecule has 484 valence electrons. The first-order valence-electron chi connectivity index (χ1n) is 35.6. The minimum absolute atomic E-state index is 0.00293. The van der Waals surface area contributed by atoms with Gasteiger partial charge in [-0.3, -0.25) is 15.6 Å². The molecule has 10 saturated carbocycles. The van der Waals surface area contributed by atoms with Gasteiger partial charge in [-0.05, 0) is 259 Å². The minimum atomic E-state index is -2.09. The van der Waals surface area contributed by atoms with E-state index in [1.54, 1.807) is 0 Å². The van der Waals surface area contributed by atoms with Gasteiger partial charge in [-0.1, -0.05) is 50.0 Å². The summed E-state index contributed by atoms with van der Waals surface area (Å²) in [5, 5.41) is 86.3. The van der Waals surface area contributed by atoms with Crippen LogP contribution in [0.15, 0.2) is 34.9 Å². The number of hydrazine groups is 1. The molecule has 11 aliphatic carbocycles. The number of phenolic OH excluding ortho intramolecular Hbond substituents is 2. The highest BCUT2D eigenvalue weighted by Crippen LogP contribution is 2.83. The van der Waals surface area contributed by atoms with Crippen molar-refractivity contribution in [1.82, 2.24) is 10.9 Å². The smallest absolute Gasteiger partial charge is 0.335 e. The summed E-state index contributed by atoms with van der Waals surface area (Å²) in [6.45, 7) is 3.09. The lowest BCUT2D eigenvalue weighted by Gasteiger charge is -2.72. The molecule has 0 amide bonds. The number of carboxylic acid groups (broad SMARTS) is 1. The van der Waals surface area contributed by atoms with Crippen LogP contribution in [0.1, 0.15) is 232 Å². The Balaban J connectivity index is 0.834. The molecule has 90 heavy (non-hydrogen) atoms. The zero-order chi connectivity index (χ0) is 61.7. The summed E-state index contributed by atoms with van der Waals surface area (Å²) >= 11 is 0. The number of fused-ring (bicyclic) bond motifs is 3. The fourth-order valence-corrected chi connectivity index (χ4v) is 28.1. The zero-order valence-corrected chi connectivity index (χ0v) is 53.2. The molecule has 0 radical (unpaired) electrons. The molecule has 16 aliphatic rings. The molecule has 0 unspecified atom stereocenters. The number of hydrogen-bond donors (Lipinski definition) is 9. The van der Waals surface area contributed by atoms with E-state index in [0.29, 0.717) is 67.5 Å². The van der Waals surface area contributed by atoms with Crippen LogP contribution in [-0.4, -0.2) is 121 Å². The van der Waals surface area contributed by atoms with Crippen LogP contribution in [0.3, 0.4) is 0 Å². The lowest BCUT2D eigenvalue weighted by molar-refractivity contribution is -0.370. The molecule has 18 atom stereocenters. The van der Waals surface area contributed by atoms with Crippen molar-refractivity contribution in [3.05, 3.63) is 51.6 Å². The van der Waals surface area contributed by atoms with Gasteiger partial charge >= 0.3 is 5.97 Å². The summed E-state index contributed by atoms with van der Waals surface area (Å²) in [4.78, 5) is 26.2. The maximum Gasteiger partial charge on any atom is 0.335 e. The van der Waals surface area contributed by atoms with E-state index in [1.165, 1.54) is 133 Å². The highest BCUT2D eigenvalue weighted by atomic mass is 16.7. The molecule has 18 rings (SSSR count). The molecule has 9 N–H and O–H groups in total. The van der Waals surface area contributed by atoms with Gasteiger partial charge in [0.1, 0.15) is 35.1 Å². The quantitative estimate of drug-likeness (QED) is 0.0712. The number of aliphatic hydroxyl groups excluding tert-OH is 4. The van der Waals surface area contributed by atoms with E-state index in [4.69, 9.17) is 18.9 Å². The van der Waals surface area contributed by atoms with Crippen LogP contribution >= 0.6 is 0 Å². The molecule has 13 fully saturated rings. The predicted molar refractivity (Wildman–Crippen MR) is 333 cm³/mol. The fourth-order valence-electron chi connectivity index (χ4n) is 28.1. The van der Waals surface area contributed by atoms with Crippen molar-refractivity contribution in [1.29, 1.82) is 0 Å². The number of aromatic hydroxyl groups is 2. The molecule has 5 aliphatic heterocycles. The van der Waals surface area contributed by atoms with Crippen LogP contribution in [0.25, 0.3) is 10.8 Å². The second kappa shape index (κ2) is 19.1. The second-order valence-corrected chi connectivity index (χ2v) is 34.5. The van der Waals surface area contributed by atoms with Gasteiger partial charge in [0, 0.05) is 53.5 Å². The first-order chi connectivity index (χ1) is 43.2. The first kappa shape index (κ1) is 58.5. The van der Waals surface area contributed by atoms with Crippen LogP contribution in [0.2, 0.25) is 0 Å². The average Bonchev–Trinajstić information content (AvgIpc) is 1.29. The maximum atomic E-state index is 14.2. The summed E-state index contributed by atoms with van der Waals surface area (Å²) < 4.78 is 29.8. The van der Waals surface area contributed by atoms with Crippen molar-refractivity contribution in [2.24, 2.45) is 67.0 Å². The van der Waals surface area contributed by atoms with Crippen molar-refractivity contribution in [2.45, 2.75) is 260 Å². The number of allylic oxidation sites excluding steroid dienone is 1. The van der Waals surface area contributed by atoms with Gasteiger partial charge in [0.25, 0.3) is 0 Å². The fraction of sp³-hybridized carbons (Fsp3) is 0.760. The Morgan fingerprint density at radius 1 is 0.789 bits per heavy atom. The third-order valence-corrected chi connectivity index (χ3v) is 30.8. The lowest BCUT2D eigenvalue weighted by atomic mass is 9.38. The normalized spacial score (nSPS) is 47.5. The Morgan fingerprint density at radius 2 is 1.54 bits per heavy atom. The number of aliphatic hydroxyl groups is 4. The monoisotopic (exact) mass is 1230 g/mol. The average molecular weight is 1230 g/mol. The van der Waals surface area contributed by atoms with Crippen LogP contribution in [-0.2, 0) is 14.2 Å². The molecule has 3 saturated heterocycles. The van der Waals surface area contributed by atoms with E-state index in [1.807, 2.05) is 0 Å². The molecule has 0 aromatic heterocycles. The van der Waals surface area contributed by atoms with Crippen molar-refractivity contribution in [2.75, 3.05) is 26.4 Å². The van der Waals surface area contributed by atoms with Gasteiger partial charge in [0.2, 0.25) is 6.29 Å². The number of carbonyl (C=O) groups is 2. The van der Waals surface area contributed by atoms with Gasteiger partial charge in [-0.25, -0.2) is 4.79 Å². The van der Waals surface area contributed by atoms with Crippen LogP contribution in [0, 0.1) is 85.8 Å². The SMILES string of the molecule is CC(=O)c1c(C)c(O)c2cc(C(=O)O)cc(O[C@@H]3O[C@@]4(CO)C#CC[C@H]5CCC[C@]56CC[C@@]5(CCC[C@]7(C5)O[C@@]4(C[C@@H]4C5=C7CC=C5[C@@]5(CCO)COC[C@@H]7C[C@@]89C[C@]4(NN[C@@H]8C[C@]4(CC8(CCCC8)C[C@]48CCC4(CCCC4)C8)C9)[C@H]75)[C@H](O)[C@H]3O)C6)c2c1O. The molecule has 5 heterocycles. The first-order valence-corrected chi connectivity index (χ1v) is 35.6. The summed E-state index contributed by atoms with van der Waals surface area (Å²) in [6.07, 6.45) is 30.6. The number of ether oxygens (including phenoxy) is 4. The standard InChI is InChI=1S/C75H96N2O13/c1-43-54(44(2)80)58(82)55-48(57(43)81)28-45(62(85)86)29-52(55)88-63-59(83)61(84)75-31-51-56-49(12-13-50(56)72(90-75)20-9-18-66(38-72)22-24-67(34-66)19-7-10-47(67)11-8-21-73(75,41-79)89-63)71(26-27-78)42-87-33-46-30-68-39-70(32-53(68)76-77-74(51,40-68)60(46)71)37-65(16-5-6-17-65)36-69(70)25-23-64(35-69)14-3-4-15-64/h12,28-29,46-47,51,53,59-61,63,76-79,81-84H,3-7,9-11,13-20,22-27,30-42H2,1-2H3,(H,85,86)/t46-,47+,51+,53+,59+,60+,61+,63+,66-,67+,68+,69+,70-,71+,72+,73+,74+,75-/m0/s1. The van der Waals surface area contributed by atoms with Crippen LogP contribution < -0.4 is 15.6 Å². The molecule has 15 nitrogen and oxygen atoms in total. The molecular formula is C75H96N2O13. The number of aromatic carboxylic acids is 1. The molecule has 10 spiro atoms. The molecule has 6 bridgehead atoms. The summed E-state index contributed by atoms with van der Waals surface area (Å²) in [6, 6.07) is 2.60. The number of phenols is 2. The Morgan fingerprint density at radius 3 is 2.32 bits per heavy atom. The number of Topliss-reactive ketones (excluding diaryl/α,β-unsaturated/α-hetero) is 1. The second-order valence-electron chi connectivity index (χ2n) is 34.5. The van der Waals surface area contributed by atoms with E-state index >= 15 is 0 Å². The van der Waals surface area contributed by atoms with Crippen LogP contribution in [0.4, 0.5) is 0 Å². The zero-order valence-electron chi connectivity index (χ0n) is 53.2. The summed E-state index contributed by atoms with van der Waals surface area (Å²) in [5.41, 5.74) is 7.07. The largest absolute Gasteiger partial charge is 0.507 e. The van der Waals surface area contributed by atoms with Crippen molar-refractivity contribution >= 4 is 22.5 Å². The minimum Gasteiger partial charge on any atom is -0.507 e. The Labute approximate surface area is 529 Å². The van der Waals surface area contributed by atoms with Gasteiger partial charge in [-0.2, -0.15) is 0 Å². The Hall–Kier alpha value is -4.08. The third-order valence-electron chi connectivity index (χ3n) is 30.8. The van der Waals surface area contributed by atoms with E-state index in [-0.39, 0.29) is 91.7 Å². The molecular weight excluding hydrogens is 1140 g/mol. The summed E-state index contributed by atoms with van der Waals surface area (Å²) in [7, 11) is 0. The Kier molecular flexibility index (Phi) is 12.4. The predicted octanol–water partition coefficient (Wildman–Crippen LogP) is 11.2. The maximum absolute atomic E-state index is 14.2. The summed E-state index contributed by atoms with van der Waals surface area (Å²) in [5.74, 6) is 4.16. The highest BCUT2D eigenvalue weighted by molar-refractivity contribution is 6.11. The number of benzene rings is 2. The van der Waals surface area contributed by atoms with E-state index < -0.39 is 76.1 Å². The van der Waals surface area contributed by atoms with Crippen molar-refractivity contribution < 1.29 is 64.3 Å². The van der Waals surface area contributed by atoms with Crippen molar-refractivity contribution in [3.8, 4) is 29.1 Å². The van der Waals surface area contributed by atoms with Crippen molar-refractivity contribution in [3.63, 3.8) is 0 Å². The van der Waals surface area contributed by atoms with E-state index in [2.05, 4.69) is 28.8 Å². The Bertz CT molecular complexity index is 3590. The third kappa shape index (κ3) is 7.31. The number of ketones is 1. The number of nitrogens with one attached hydrogen (secondary N) is 2. The van der Waals surface area contributed by atoms with Gasteiger partial charge in [-0.15, -0.1) is 0 Å². The molecule has 2 aromatic rings. The van der Waals surface area contributed by atoms with Gasteiger partial charge in [0.05, 0.1) is 35.3 Å².